The Morgan fingerprint density at radius 1 is 1.67 bits per heavy atom. The summed E-state index contributed by atoms with van der Waals surface area (Å²) in [6.07, 6.45) is 8.25. The summed E-state index contributed by atoms with van der Waals surface area (Å²) < 4.78 is 0. The number of aromatic nitrogens is 1. The summed E-state index contributed by atoms with van der Waals surface area (Å²) in [5.41, 5.74) is 6.70. The van der Waals surface area contributed by atoms with E-state index < -0.39 is 0 Å². The molecule has 0 saturated heterocycles. The fourth-order valence-corrected chi connectivity index (χ4v) is 0.526. The third-order valence-corrected chi connectivity index (χ3v) is 1.01. The quantitative estimate of drug-likeness (QED) is 0.508. The first-order chi connectivity index (χ1) is 4.34. The third kappa shape index (κ3) is 1.000. The molecule has 1 rings (SSSR count). The van der Waals surface area contributed by atoms with Gasteiger partial charge in [0.25, 0.3) is 0 Å². The fourth-order valence-electron chi connectivity index (χ4n) is 0.526. The van der Waals surface area contributed by atoms with Gasteiger partial charge in [-0.2, -0.15) is 0 Å². The maximum atomic E-state index is 5.45. The van der Waals surface area contributed by atoms with E-state index in [2.05, 4.69) is 10.9 Å². The summed E-state index contributed by atoms with van der Waals surface area (Å²) >= 11 is 0. The molecular weight excluding hydrogens is 112 g/mol. The molecule has 0 spiro atoms. The fraction of sp³-hybridized carbons (Fsp3) is 0. The molecule has 0 saturated carbocycles. The normalized spacial score (nSPS) is 8.33. The van der Waals surface area contributed by atoms with Gasteiger partial charge in [0.2, 0.25) is 0 Å². The van der Waals surface area contributed by atoms with Crippen LogP contribution >= 0.6 is 0 Å². The minimum Gasteiger partial charge on any atom is -0.398 e. The highest BCUT2D eigenvalue weighted by molar-refractivity contribution is 5.52. The van der Waals surface area contributed by atoms with E-state index in [9.17, 15) is 0 Å². The first-order valence-electron chi connectivity index (χ1n) is 2.50. The van der Waals surface area contributed by atoms with Crippen molar-refractivity contribution < 1.29 is 0 Å². The van der Waals surface area contributed by atoms with Gasteiger partial charge in [-0.15, -0.1) is 6.42 Å². The van der Waals surface area contributed by atoms with Gasteiger partial charge in [0.1, 0.15) is 0 Å². The van der Waals surface area contributed by atoms with E-state index >= 15 is 0 Å². The summed E-state index contributed by atoms with van der Waals surface area (Å²) in [4.78, 5) is 3.79. The predicted octanol–water partition coefficient (Wildman–Crippen LogP) is 0.645. The van der Waals surface area contributed by atoms with Gasteiger partial charge in [0.15, 0.2) is 0 Å². The van der Waals surface area contributed by atoms with E-state index in [-0.39, 0.29) is 0 Å². The third-order valence-electron chi connectivity index (χ3n) is 1.01. The number of rotatable bonds is 0. The standard InChI is InChI=1S/C7H6N2/c1-2-6-5-9-4-3-7(6)8/h1,3-5H,(H2,8,9). The van der Waals surface area contributed by atoms with Crippen molar-refractivity contribution in [1.29, 1.82) is 0 Å². The lowest BCUT2D eigenvalue weighted by Crippen LogP contribution is -1.89. The minimum absolute atomic E-state index is 0.604. The van der Waals surface area contributed by atoms with Gasteiger partial charge in [-0.3, -0.25) is 4.98 Å². The van der Waals surface area contributed by atoms with E-state index in [1.165, 1.54) is 0 Å². The average Bonchev–Trinajstić information content (AvgIpc) is 1.89. The number of nitrogen functional groups attached to an aromatic ring is 1. The van der Waals surface area contributed by atoms with Crippen LogP contribution in [0, 0.1) is 12.3 Å². The Balaban J connectivity index is 3.20. The first kappa shape index (κ1) is 5.64. The van der Waals surface area contributed by atoms with Crippen molar-refractivity contribution in [3.05, 3.63) is 24.0 Å². The molecule has 0 amide bonds. The van der Waals surface area contributed by atoms with E-state index in [1.807, 2.05) is 0 Å². The molecule has 0 bridgehead atoms. The highest BCUT2D eigenvalue weighted by Crippen LogP contribution is 2.04. The van der Waals surface area contributed by atoms with Gasteiger partial charge in [-0.25, -0.2) is 0 Å². The Morgan fingerprint density at radius 3 is 2.89 bits per heavy atom. The van der Waals surface area contributed by atoms with Crippen molar-refractivity contribution in [2.45, 2.75) is 0 Å². The van der Waals surface area contributed by atoms with Crippen LogP contribution < -0.4 is 5.73 Å². The highest BCUT2D eigenvalue weighted by atomic mass is 14.7. The molecular formula is C7H6N2. The van der Waals surface area contributed by atoms with Gasteiger partial charge >= 0.3 is 0 Å². The molecule has 0 fully saturated rings. The van der Waals surface area contributed by atoms with Gasteiger partial charge in [0.05, 0.1) is 11.3 Å². The van der Waals surface area contributed by atoms with E-state index in [0.717, 1.165) is 0 Å². The summed E-state index contributed by atoms with van der Waals surface area (Å²) in [5.74, 6) is 2.41. The van der Waals surface area contributed by atoms with Crippen molar-refractivity contribution in [3.63, 3.8) is 0 Å². The lowest BCUT2D eigenvalue weighted by molar-refractivity contribution is 1.32. The molecule has 0 aliphatic heterocycles. The molecule has 44 valence electrons. The molecule has 1 aromatic heterocycles. The maximum Gasteiger partial charge on any atom is 0.0655 e. The van der Waals surface area contributed by atoms with Crippen LogP contribution in [0.2, 0.25) is 0 Å². The van der Waals surface area contributed by atoms with Crippen LogP contribution in [0.3, 0.4) is 0 Å². The van der Waals surface area contributed by atoms with Crippen molar-refractivity contribution >= 4 is 5.69 Å². The molecule has 1 aromatic rings. The second-order valence-corrected chi connectivity index (χ2v) is 1.61. The summed E-state index contributed by atoms with van der Waals surface area (Å²) in [7, 11) is 0. The van der Waals surface area contributed by atoms with Gasteiger partial charge in [-0.05, 0) is 6.07 Å². The number of nitrogens with two attached hydrogens (primary N) is 1. The van der Waals surface area contributed by atoms with Crippen molar-refractivity contribution in [3.8, 4) is 12.3 Å². The summed E-state index contributed by atoms with van der Waals surface area (Å²) in [6.45, 7) is 0. The Kier molecular flexibility index (Phi) is 1.37. The lowest BCUT2D eigenvalue weighted by Gasteiger charge is -1.92. The second kappa shape index (κ2) is 2.19. The van der Waals surface area contributed by atoms with Crippen LogP contribution in [0.5, 0.6) is 0 Å². The molecule has 1 heterocycles. The number of anilines is 1. The van der Waals surface area contributed by atoms with Crippen LogP contribution in [0.4, 0.5) is 5.69 Å². The van der Waals surface area contributed by atoms with Gasteiger partial charge < -0.3 is 5.73 Å². The molecule has 2 N–H and O–H groups in total. The smallest absolute Gasteiger partial charge is 0.0655 e. The highest BCUT2D eigenvalue weighted by Gasteiger charge is 1.89. The topological polar surface area (TPSA) is 38.9 Å². The van der Waals surface area contributed by atoms with Crippen LogP contribution in [0.15, 0.2) is 18.5 Å². The monoisotopic (exact) mass is 118 g/mol. The maximum absolute atomic E-state index is 5.45. The second-order valence-electron chi connectivity index (χ2n) is 1.61. The molecule has 0 aromatic carbocycles. The van der Waals surface area contributed by atoms with Crippen LogP contribution in [0.1, 0.15) is 5.56 Å². The molecule has 0 aliphatic carbocycles. The minimum atomic E-state index is 0.604. The Bertz CT molecular complexity index is 247. The van der Waals surface area contributed by atoms with Crippen molar-refractivity contribution in [2.75, 3.05) is 5.73 Å². The molecule has 2 nitrogen and oxygen atoms in total. The van der Waals surface area contributed by atoms with Crippen LogP contribution in [0.25, 0.3) is 0 Å². The summed E-state index contributed by atoms with van der Waals surface area (Å²) in [5, 5.41) is 0. The number of hydrogen-bond acceptors (Lipinski definition) is 2. The largest absolute Gasteiger partial charge is 0.398 e. The Hall–Kier alpha value is -1.49. The number of pyridine rings is 1. The SMILES string of the molecule is C#Cc1cnccc1N. The van der Waals surface area contributed by atoms with Crippen LogP contribution in [-0.4, -0.2) is 4.98 Å². The molecule has 0 aliphatic rings. The Labute approximate surface area is 53.7 Å². The average molecular weight is 118 g/mol. The zero-order chi connectivity index (χ0) is 6.69. The molecule has 0 unspecified atom stereocenters. The van der Waals surface area contributed by atoms with Crippen molar-refractivity contribution in [2.24, 2.45) is 0 Å². The zero-order valence-corrected chi connectivity index (χ0v) is 4.83. The first-order valence-corrected chi connectivity index (χ1v) is 2.50. The van der Waals surface area contributed by atoms with Gasteiger partial charge in [0, 0.05) is 12.4 Å². The van der Waals surface area contributed by atoms with E-state index in [0.29, 0.717) is 11.3 Å². The molecule has 9 heavy (non-hydrogen) atoms. The van der Waals surface area contributed by atoms with E-state index in [1.54, 1.807) is 18.5 Å². The zero-order valence-electron chi connectivity index (χ0n) is 4.83. The predicted molar refractivity (Wildman–Crippen MR) is 36.6 cm³/mol. The van der Waals surface area contributed by atoms with Gasteiger partial charge in [-0.1, -0.05) is 5.92 Å². The van der Waals surface area contributed by atoms with Crippen molar-refractivity contribution in [1.82, 2.24) is 4.98 Å². The lowest BCUT2D eigenvalue weighted by atomic mass is 10.2. The number of hydrogen-bond donors (Lipinski definition) is 1. The number of terminal acetylenes is 1. The van der Waals surface area contributed by atoms with Crippen LogP contribution in [-0.2, 0) is 0 Å². The number of nitrogens with zero attached hydrogens (tertiary/aromatic N) is 1. The van der Waals surface area contributed by atoms with E-state index in [4.69, 9.17) is 12.2 Å². The Morgan fingerprint density at radius 2 is 2.44 bits per heavy atom. The summed E-state index contributed by atoms with van der Waals surface area (Å²) in [6, 6.07) is 1.68. The molecule has 2 heteroatoms. The molecule has 0 radical (unpaired) electrons. The molecule has 0 atom stereocenters.